The Kier molecular flexibility index (Phi) is 1.44. The summed E-state index contributed by atoms with van der Waals surface area (Å²) in [5.41, 5.74) is 7.62. The van der Waals surface area contributed by atoms with Gasteiger partial charge >= 0.3 is 0 Å². The molecular weight excluding hydrogens is 122 g/mol. The van der Waals surface area contributed by atoms with Crippen LogP contribution in [0.25, 0.3) is 0 Å². The molecule has 58 valence electrons. The van der Waals surface area contributed by atoms with E-state index in [1.54, 1.807) is 0 Å². The molecule has 10 heavy (non-hydrogen) atoms. The van der Waals surface area contributed by atoms with Crippen LogP contribution < -0.4 is 5.73 Å². The van der Waals surface area contributed by atoms with Crippen LogP contribution in [-0.4, -0.2) is 6.54 Å². The van der Waals surface area contributed by atoms with E-state index in [1.807, 2.05) is 0 Å². The van der Waals surface area contributed by atoms with Gasteiger partial charge in [0, 0.05) is 12.0 Å². The molecule has 1 aliphatic carbocycles. The van der Waals surface area contributed by atoms with Gasteiger partial charge in [0.25, 0.3) is 0 Å². The van der Waals surface area contributed by atoms with Crippen LogP contribution in [0.15, 0.2) is 12.2 Å². The molecule has 1 fully saturated rings. The Morgan fingerprint density at radius 2 is 2.00 bits per heavy atom. The zero-order valence-corrected chi connectivity index (χ0v) is 7.20. The van der Waals surface area contributed by atoms with Crippen molar-refractivity contribution >= 4 is 0 Å². The first-order chi connectivity index (χ1) is 4.46. The van der Waals surface area contributed by atoms with Crippen LogP contribution in [-0.2, 0) is 0 Å². The predicted molar refractivity (Wildman–Crippen MR) is 44.7 cm³/mol. The Bertz CT molecular complexity index is 170. The average Bonchev–Trinajstić information content (AvgIpc) is 2.35. The van der Waals surface area contributed by atoms with Gasteiger partial charge < -0.3 is 5.73 Å². The van der Waals surface area contributed by atoms with E-state index in [9.17, 15) is 0 Å². The number of hydrogen-bond acceptors (Lipinski definition) is 1. The summed E-state index contributed by atoms with van der Waals surface area (Å²) in [6.45, 7) is 11.3. The molecule has 0 saturated heterocycles. The molecule has 1 heteroatoms. The van der Waals surface area contributed by atoms with Gasteiger partial charge in [-0.2, -0.15) is 0 Å². The lowest BCUT2D eigenvalue weighted by atomic mass is 9.90. The average molecular weight is 139 g/mol. The van der Waals surface area contributed by atoms with E-state index < -0.39 is 0 Å². The molecule has 0 aromatic rings. The van der Waals surface area contributed by atoms with Crippen molar-refractivity contribution < 1.29 is 0 Å². The lowest BCUT2D eigenvalue weighted by Crippen LogP contribution is -2.21. The zero-order chi connectivity index (χ0) is 7.99. The van der Waals surface area contributed by atoms with Gasteiger partial charge in [-0.05, 0) is 18.8 Å². The SMILES string of the molecule is C=C(C)C1(CN)CC1(C)C. The van der Waals surface area contributed by atoms with E-state index in [1.165, 1.54) is 12.0 Å². The second-order valence-electron chi connectivity index (χ2n) is 4.13. The predicted octanol–water partition coefficient (Wildman–Crippen LogP) is 1.94. The molecule has 1 unspecified atom stereocenters. The largest absolute Gasteiger partial charge is 0.330 e. The van der Waals surface area contributed by atoms with Crippen LogP contribution in [0.2, 0.25) is 0 Å². The van der Waals surface area contributed by atoms with Crippen LogP contribution in [0.5, 0.6) is 0 Å². The first-order valence-electron chi connectivity index (χ1n) is 3.82. The molecule has 0 radical (unpaired) electrons. The molecular formula is C9H17N. The summed E-state index contributed by atoms with van der Waals surface area (Å²) in [6.07, 6.45) is 1.21. The summed E-state index contributed by atoms with van der Waals surface area (Å²) in [4.78, 5) is 0. The van der Waals surface area contributed by atoms with Crippen molar-refractivity contribution in [1.82, 2.24) is 0 Å². The van der Waals surface area contributed by atoms with Crippen LogP contribution in [0.1, 0.15) is 27.2 Å². The van der Waals surface area contributed by atoms with E-state index in [-0.39, 0.29) is 5.41 Å². The summed E-state index contributed by atoms with van der Waals surface area (Å²) in [5.74, 6) is 0. The van der Waals surface area contributed by atoms with E-state index in [2.05, 4.69) is 27.4 Å². The van der Waals surface area contributed by atoms with E-state index in [0.29, 0.717) is 5.41 Å². The zero-order valence-electron chi connectivity index (χ0n) is 7.20. The van der Waals surface area contributed by atoms with Crippen molar-refractivity contribution in [3.05, 3.63) is 12.2 Å². The number of nitrogens with two attached hydrogens (primary N) is 1. The molecule has 0 aromatic carbocycles. The van der Waals surface area contributed by atoms with Crippen LogP contribution >= 0.6 is 0 Å². The van der Waals surface area contributed by atoms with Gasteiger partial charge in [0.05, 0.1) is 0 Å². The Labute approximate surface area is 63.3 Å². The highest BCUT2D eigenvalue weighted by atomic mass is 14.7. The highest BCUT2D eigenvalue weighted by Crippen LogP contribution is 2.66. The van der Waals surface area contributed by atoms with Crippen molar-refractivity contribution in [1.29, 1.82) is 0 Å². The maximum Gasteiger partial charge on any atom is 0.00858 e. The van der Waals surface area contributed by atoms with Gasteiger partial charge in [0.2, 0.25) is 0 Å². The standard InChI is InChI=1S/C9H17N/c1-7(2)9(6-10)5-8(9,3)4/h1,5-6,10H2,2-4H3. The van der Waals surface area contributed by atoms with Gasteiger partial charge in [0.15, 0.2) is 0 Å². The molecule has 0 aliphatic heterocycles. The lowest BCUT2D eigenvalue weighted by molar-refractivity contribution is 0.453. The molecule has 0 heterocycles. The maximum atomic E-state index is 5.68. The normalized spacial score (nSPS) is 35.6. The third-order valence-corrected chi connectivity index (χ3v) is 3.08. The highest BCUT2D eigenvalue weighted by Gasteiger charge is 2.60. The minimum Gasteiger partial charge on any atom is -0.330 e. The molecule has 1 saturated carbocycles. The Morgan fingerprint density at radius 3 is 2.00 bits per heavy atom. The Morgan fingerprint density at radius 1 is 1.60 bits per heavy atom. The molecule has 1 nitrogen and oxygen atoms in total. The van der Waals surface area contributed by atoms with Crippen LogP contribution in [0, 0.1) is 10.8 Å². The van der Waals surface area contributed by atoms with Crippen molar-refractivity contribution in [2.45, 2.75) is 27.2 Å². The molecule has 0 spiro atoms. The first kappa shape index (κ1) is 7.80. The number of hydrogen-bond donors (Lipinski definition) is 1. The molecule has 2 N–H and O–H groups in total. The van der Waals surface area contributed by atoms with Crippen molar-refractivity contribution in [3.63, 3.8) is 0 Å². The van der Waals surface area contributed by atoms with E-state index in [0.717, 1.165) is 6.54 Å². The summed E-state index contributed by atoms with van der Waals surface area (Å²) >= 11 is 0. The second-order valence-corrected chi connectivity index (χ2v) is 4.13. The van der Waals surface area contributed by atoms with Crippen molar-refractivity contribution in [2.75, 3.05) is 6.54 Å². The van der Waals surface area contributed by atoms with Gasteiger partial charge in [0.1, 0.15) is 0 Å². The summed E-state index contributed by atoms with van der Waals surface area (Å²) in [7, 11) is 0. The topological polar surface area (TPSA) is 26.0 Å². The van der Waals surface area contributed by atoms with Crippen molar-refractivity contribution in [3.8, 4) is 0 Å². The Hall–Kier alpha value is -0.300. The van der Waals surface area contributed by atoms with Crippen LogP contribution in [0.3, 0.4) is 0 Å². The summed E-state index contributed by atoms with van der Waals surface area (Å²) in [5, 5.41) is 0. The minimum atomic E-state index is 0.271. The summed E-state index contributed by atoms with van der Waals surface area (Å²) in [6, 6.07) is 0. The second kappa shape index (κ2) is 1.85. The molecule has 0 aromatic heterocycles. The number of rotatable bonds is 2. The fraction of sp³-hybridized carbons (Fsp3) is 0.778. The maximum absolute atomic E-state index is 5.68. The highest BCUT2D eigenvalue weighted by molar-refractivity contribution is 5.26. The molecule has 0 bridgehead atoms. The van der Waals surface area contributed by atoms with Gasteiger partial charge in [-0.3, -0.25) is 0 Å². The first-order valence-corrected chi connectivity index (χ1v) is 3.82. The van der Waals surface area contributed by atoms with Crippen molar-refractivity contribution in [2.24, 2.45) is 16.6 Å². The fourth-order valence-corrected chi connectivity index (χ4v) is 1.96. The quantitative estimate of drug-likeness (QED) is 0.581. The minimum absolute atomic E-state index is 0.271. The molecule has 1 rings (SSSR count). The third kappa shape index (κ3) is 0.734. The fourth-order valence-electron chi connectivity index (χ4n) is 1.96. The lowest BCUT2D eigenvalue weighted by Gasteiger charge is -2.17. The monoisotopic (exact) mass is 139 g/mol. The molecule has 1 atom stereocenters. The van der Waals surface area contributed by atoms with E-state index in [4.69, 9.17) is 5.73 Å². The third-order valence-electron chi connectivity index (χ3n) is 3.08. The summed E-state index contributed by atoms with van der Waals surface area (Å²) < 4.78 is 0. The molecule has 0 amide bonds. The van der Waals surface area contributed by atoms with Gasteiger partial charge in [-0.15, -0.1) is 0 Å². The van der Waals surface area contributed by atoms with Gasteiger partial charge in [-0.25, -0.2) is 0 Å². The smallest absolute Gasteiger partial charge is 0.00858 e. The van der Waals surface area contributed by atoms with Crippen LogP contribution in [0.4, 0.5) is 0 Å². The Balaban J connectivity index is 2.78. The van der Waals surface area contributed by atoms with Gasteiger partial charge in [-0.1, -0.05) is 26.0 Å². The van der Waals surface area contributed by atoms with E-state index >= 15 is 0 Å². The molecule has 1 aliphatic rings.